The maximum atomic E-state index is 5.40. The zero-order chi connectivity index (χ0) is 15.3. The van der Waals surface area contributed by atoms with Gasteiger partial charge in [0, 0.05) is 0 Å². The quantitative estimate of drug-likeness (QED) is 0.713. The molecule has 0 saturated heterocycles. The van der Waals surface area contributed by atoms with Crippen LogP contribution in [0.15, 0.2) is 30.3 Å². The minimum absolute atomic E-state index is 0.698. The highest BCUT2D eigenvalue weighted by Crippen LogP contribution is 2.50. The van der Waals surface area contributed by atoms with Crippen molar-refractivity contribution in [3.8, 4) is 5.75 Å². The molecule has 0 bridgehead atoms. The molecule has 0 unspecified atom stereocenters. The number of rotatable bonds is 1. The molecule has 0 saturated carbocycles. The first-order valence-electron chi connectivity index (χ1n) is 8.45. The van der Waals surface area contributed by atoms with Crippen molar-refractivity contribution in [1.82, 2.24) is 0 Å². The number of benzene rings is 2. The second-order valence-corrected chi connectivity index (χ2v) is 6.93. The molecule has 114 valence electrons. The molecular formula is C21H24O. The Morgan fingerprint density at radius 1 is 0.909 bits per heavy atom. The SMILES string of the molecule is COc1ccc2c(c1)CC[C@H]1c3ccc(C)c(C)c3CC[C@H]21. The van der Waals surface area contributed by atoms with Crippen molar-refractivity contribution in [2.75, 3.05) is 7.11 Å². The van der Waals surface area contributed by atoms with Crippen LogP contribution in [-0.4, -0.2) is 7.11 Å². The molecule has 0 aliphatic heterocycles. The monoisotopic (exact) mass is 292 g/mol. The van der Waals surface area contributed by atoms with E-state index in [0.29, 0.717) is 11.8 Å². The fourth-order valence-electron chi connectivity index (χ4n) is 4.62. The standard InChI is InChI=1S/C21H24O/c1-13-4-7-19-17(14(13)2)10-11-20-18-9-6-16(22-3)12-15(18)5-8-21(19)20/h4,6-7,9,12,20-21H,5,8,10-11H2,1-3H3/t20-,21+/m1/s1. The van der Waals surface area contributed by atoms with Gasteiger partial charge in [-0.25, -0.2) is 0 Å². The molecule has 1 heteroatoms. The minimum Gasteiger partial charge on any atom is -0.497 e. The van der Waals surface area contributed by atoms with Gasteiger partial charge in [0.25, 0.3) is 0 Å². The van der Waals surface area contributed by atoms with Crippen molar-refractivity contribution in [3.05, 3.63) is 63.7 Å². The van der Waals surface area contributed by atoms with E-state index in [1.54, 1.807) is 23.8 Å². The minimum atomic E-state index is 0.698. The third-order valence-corrected chi connectivity index (χ3v) is 5.97. The first-order valence-corrected chi connectivity index (χ1v) is 8.45. The molecule has 0 N–H and O–H groups in total. The van der Waals surface area contributed by atoms with Crippen LogP contribution in [0.3, 0.4) is 0 Å². The van der Waals surface area contributed by atoms with E-state index in [4.69, 9.17) is 4.74 Å². The molecule has 2 aliphatic carbocycles. The molecule has 1 nitrogen and oxygen atoms in total. The molecule has 2 aliphatic rings. The Kier molecular flexibility index (Phi) is 3.25. The van der Waals surface area contributed by atoms with Gasteiger partial charge in [-0.1, -0.05) is 18.2 Å². The Morgan fingerprint density at radius 2 is 1.64 bits per heavy atom. The van der Waals surface area contributed by atoms with E-state index in [1.165, 1.54) is 42.4 Å². The topological polar surface area (TPSA) is 9.23 Å². The van der Waals surface area contributed by atoms with Crippen LogP contribution in [0.4, 0.5) is 0 Å². The van der Waals surface area contributed by atoms with Crippen LogP contribution < -0.4 is 4.74 Å². The van der Waals surface area contributed by atoms with Gasteiger partial charge in [0.15, 0.2) is 0 Å². The van der Waals surface area contributed by atoms with Crippen molar-refractivity contribution >= 4 is 0 Å². The normalized spacial score (nSPS) is 22.5. The van der Waals surface area contributed by atoms with E-state index in [2.05, 4.69) is 44.2 Å². The molecule has 22 heavy (non-hydrogen) atoms. The number of hydrogen-bond acceptors (Lipinski definition) is 1. The first-order chi connectivity index (χ1) is 10.7. The van der Waals surface area contributed by atoms with Crippen LogP contribution in [0.1, 0.15) is 58.1 Å². The summed E-state index contributed by atoms with van der Waals surface area (Å²) in [6.45, 7) is 4.54. The van der Waals surface area contributed by atoms with Gasteiger partial charge < -0.3 is 4.74 Å². The predicted octanol–water partition coefficient (Wildman–Crippen LogP) is 5.07. The summed E-state index contributed by atoms with van der Waals surface area (Å²) >= 11 is 0. The molecule has 2 aromatic rings. The Balaban J connectivity index is 1.78. The fourth-order valence-corrected chi connectivity index (χ4v) is 4.62. The lowest BCUT2D eigenvalue weighted by Crippen LogP contribution is -2.25. The van der Waals surface area contributed by atoms with Gasteiger partial charge in [0.1, 0.15) is 5.75 Å². The number of hydrogen-bond donors (Lipinski definition) is 0. The van der Waals surface area contributed by atoms with E-state index in [0.717, 1.165) is 5.75 Å². The van der Waals surface area contributed by atoms with Crippen molar-refractivity contribution < 1.29 is 4.74 Å². The molecule has 2 atom stereocenters. The molecule has 0 heterocycles. The van der Waals surface area contributed by atoms with Crippen LogP contribution in [0.5, 0.6) is 5.75 Å². The first kappa shape index (κ1) is 13.9. The van der Waals surface area contributed by atoms with Gasteiger partial charge in [-0.2, -0.15) is 0 Å². The summed E-state index contributed by atoms with van der Waals surface area (Å²) in [4.78, 5) is 0. The average Bonchev–Trinajstić information content (AvgIpc) is 2.56. The third kappa shape index (κ3) is 1.99. The second-order valence-electron chi connectivity index (χ2n) is 6.93. The van der Waals surface area contributed by atoms with E-state index in [9.17, 15) is 0 Å². The van der Waals surface area contributed by atoms with Crippen molar-refractivity contribution in [2.45, 2.75) is 51.4 Å². The Morgan fingerprint density at radius 3 is 2.45 bits per heavy atom. The second kappa shape index (κ2) is 5.15. The van der Waals surface area contributed by atoms with Crippen LogP contribution in [-0.2, 0) is 12.8 Å². The van der Waals surface area contributed by atoms with Gasteiger partial charge in [0.05, 0.1) is 7.11 Å². The van der Waals surface area contributed by atoms with Crippen LogP contribution in [0.2, 0.25) is 0 Å². The Hall–Kier alpha value is -1.76. The largest absolute Gasteiger partial charge is 0.497 e. The molecule has 4 rings (SSSR count). The highest BCUT2D eigenvalue weighted by Gasteiger charge is 2.35. The summed E-state index contributed by atoms with van der Waals surface area (Å²) in [7, 11) is 1.76. The smallest absolute Gasteiger partial charge is 0.119 e. The number of fused-ring (bicyclic) bond motifs is 5. The summed E-state index contributed by atoms with van der Waals surface area (Å²) in [5, 5.41) is 0. The highest BCUT2D eigenvalue weighted by atomic mass is 16.5. The molecule has 2 aromatic carbocycles. The van der Waals surface area contributed by atoms with Gasteiger partial charge in [-0.3, -0.25) is 0 Å². The van der Waals surface area contributed by atoms with Crippen LogP contribution in [0, 0.1) is 13.8 Å². The maximum Gasteiger partial charge on any atom is 0.119 e. The molecule has 0 fully saturated rings. The van der Waals surface area contributed by atoms with Crippen molar-refractivity contribution in [1.29, 1.82) is 0 Å². The third-order valence-electron chi connectivity index (χ3n) is 5.97. The molecular weight excluding hydrogens is 268 g/mol. The van der Waals surface area contributed by atoms with E-state index in [-0.39, 0.29) is 0 Å². The predicted molar refractivity (Wildman–Crippen MR) is 91.0 cm³/mol. The summed E-state index contributed by atoms with van der Waals surface area (Å²) in [5.41, 5.74) is 9.31. The van der Waals surface area contributed by atoms with Crippen molar-refractivity contribution in [3.63, 3.8) is 0 Å². The van der Waals surface area contributed by atoms with Crippen LogP contribution >= 0.6 is 0 Å². The van der Waals surface area contributed by atoms with E-state index >= 15 is 0 Å². The maximum absolute atomic E-state index is 5.40. The molecule has 0 radical (unpaired) electrons. The lowest BCUT2D eigenvalue weighted by atomic mass is 9.65. The summed E-state index contributed by atoms with van der Waals surface area (Å²) in [6, 6.07) is 11.4. The number of ether oxygens (including phenoxy) is 1. The van der Waals surface area contributed by atoms with Gasteiger partial charge in [-0.15, -0.1) is 0 Å². The van der Waals surface area contributed by atoms with Crippen LogP contribution in [0.25, 0.3) is 0 Å². The highest BCUT2D eigenvalue weighted by molar-refractivity contribution is 5.49. The lowest BCUT2D eigenvalue weighted by Gasteiger charge is -2.39. The Bertz CT molecular complexity index is 729. The van der Waals surface area contributed by atoms with Crippen molar-refractivity contribution in [2.24, 2.45) is 0 Å². The molecule has 0 aromatic heterocycles. The molecule has 0 spiro atoms. The fraction of sp³-hybridized carbons (Fsp3) is 0.429. The summed E-state index contributed by atoms with van der Waals surface area (Å²) in [5.74, 6) is 2.41. The molecule has 0 amide bonds. The number of aryl methyl sites for hydroxylation is 2. The van der Waals surface area contributed by atoms with E-state index < -0.39 is 0 Å². The van der Waals surface area contributed by atoms with Gasteiger partial charge in [0.2, 0.25) is 0 Å². The summed E-state index contributed by atoms with van der Waals surface area (Å²) in [6.07, 6.45) is 4.98. The zero-order valence-electron chi connectivity index (χ0n) is 13.8. The average molecular weight is 292 g/mol. The van der Waals surface area contributed by atoms with Gasteiger partial charge in [-0.05, 0) is 96.9 Å². The van der Waals surface area contributed by atoms with E-state index in [1.807, 2.05) is 0 Å². The van der Waals surface area contributed by atoms with Gasteiger partial charge >= 0.3 is 0 Å². The lowest BCUT2D eigenvalue weighted by molar-refractivity contribution is 0.404. The number of methoxy groups -OCH3 is 1. The Labute approximate surface area is 133 Å². The summed E-state index contributed by atoms with van der Waals surface area (Å²) < 4.78 is 5.40. The zero-order valence-corrected chi connectivity index (χ0v) is 13.8.